The summed E-state index contributed by atoms with van der Waals surface area (Å²) in [4.78, 5) is 12.7. The Balaban J connectivity index is 1.78. The van der Waals surface area contributed by atoms with Crippen molar-refractivity contribution in [1.82, 2.24) is 0 Å². The number of ketones is 1. The number of oxime groups is 1. The summed E-state index contributed by atoms with van der Waals surface area (Å²) >= 11 is 0. The third kappa shape index (κ3) is 2.03. The van der Waals surface area contributed by atoms with E-state index in [4.69, 9.17) is 0 Å². The molecule has 4 heteroatoms. The van der Waals surface area contributed by atoms with Gasteiger partial charge >= 0.3 is 0 Å². The van der Waals surface area contributed by atoms with Crippen LogP contribution in [0.3, 0.4) is 0 Å². The van der Waals surface area contributed by atoms with Crippen LogP contribution in [0.2, 0.25) is 0 Å². The molecular weight excluding hydrogens is 314 g/mol. The van der Waals surface area contributed by atoms with Gasteiger partial charge in [-0.25, -0.2) is 0 Å². The Labute approximate surface area is 150 Å². The largest absolute Gasteiger partial charge is 0.411 e. The average Bonchev–Trinajstić information content (AvgIpc) is 2.86. The maximum Gasteiger partial charge on any atom is 0.190 e. The van der Waals surface area contributed by atoms with Gasteiger partial charge in [-0.2, -0.15) is 0 Å². The molecule has 0 saturated heterocycles. The first-order valence-corrected chi connectivity index (χ1v) is 9.81. The molecule has 0 unspecified atom stereocenters. The van der Waals surface area contributed by atoms with Crippen molar-refractivity contribution in [3.8, 4) is 0 Å². The van der Waals surface area contributed by atoms with Gasteiger partial charge in [0, 0.05) is 6.42 Å². The molecule has 0 aromatic heterocycles. The van der Waals surface area contributed by atoms with E-state index in [-0.39, 0.29) is 22.7 Å². The number of hydrogen-bond acceptors (Lipinski definition) is 4. The van der Waals surface area contributed by atoms with Gasteiger partial charge < -0.3 is 10.3 Å². The quantitative estimate of drug-likeness (QED) is 0.397. The van der Waals surface area contributed by atoms with Crippen LogP contribution in [0.25, 0.3) is 0 Å². The van der Waals surface area contributed by atoms with Gasteiger partial charge in [0.2, 0.25) is 0 Å². The van der Waals surface area contributed by atoms with E-state index in [9.17, 15) is 15.1 Å². The van der Waals surface area contributed by atoms with Gasteiger partial charge in [-0.3, -0.25) is 4.79 Å². The molecule has 0 aliphatic heterocycles. The maximum atomic E-state index is 12.7. The molecule has 3 saturated carbocycles. The number of carbonyl (C=O) groups is 1. The molecule has 4 aliphatic carbocycles. The Kier molecular flexibility index (Phi) is 3.58. The topological polar surface area (TPSA) is 69.9 Å². The molecule has 0 spiro atoms. The summed E-state index contributed by atoms with van der Waals surface area (Å²) in [5, 5.41) is 23.4. The Morgan fingerprint density at radius 1 is 1.12 bits per heavy atom. The number of hydrogen-bond donors (Lipinski definition) is 2. The molecule has 0 radical (unpaired) electrons. The van der Waals surface area contributed by atoms with Gasteiger partial charge in [0.25, 0.3) is 0 Å². The van der Waals surface area contributed by atoms with E-state index < -0.39 is 5.41 Å². The summed E-state index contributed by atoms with van der Waals surface area (Å²) in [6.07, 6.45) is 7.90. The summed E-state index contributed by atoms with van der Waals surface area (Å²) in [5.41, 5.74) is 0.939. The van der Waals surface area contributed by atoms with Crippen molar-refractivity contribution in [3.63, 3.8) is 0 Å². The maximum absolute atomic E-state index is 12.7. The van der Waals surface area contributed by atoms with Crippen LogP contribution in [0, 0.1) is 34.0 Å². The van der Waals surface area contributed by atoms with Crippen molar-refractivity contribution in [2.45, 2.75) is 72.3 Å². The predicted octanol–water partition coefficient (Wildman–Crippen LogP) is 3.96. The zero-order valence-corrected chi connectivity index (χ0v) is 15.9. The molecule has 4 rings (SSSR count). The van der Waals surface area contributed by atoms with Crippen LogP contribution in [0.15, 0.2) is 16.8 Å². The fourth-order valence-corrected chi connectivity index (χ4v) is 7.25. The molecule has 138 valence electrons. The van der Waals surface area contributed by atoms with Crippen LogP contribution >= 0.6 is 0 Å². The zero-order valence-electron chi connectivity index (χ0n) is 15.9. The first-order chi connectivity index (χ1) is 11.7. The number of rotatable bonds is 0. The molecule has 0 aromatic carbocycles. The third-order valence-corrected chi connectivity index (χ3v) is 8.57. The van der Waals surface area contributed by atoms with E-state index in [1.54, 1.807) is 0 Å². The SMILES string of the molecule is CC1(C)C(=O)/C(=N/O)C[C@@]2(C)C1=CC[C@H]1[C@@H]3CC[C@H](O)[C@@]3(C)CC[C@@H]12. The van der Waals surface area contributed by atoms with Gasteiger partial charge in [0.05, 0.1) is 11.5 Å². The zero-order chi connectivity index (χ0) is 18.2. The average molecular weight is 345 g/mol. The highest BCUT2D eigenvalue weighted by Crippen LogP contribution is 2.66. The third-order valence-electron chi connectivity index (χ3n) is 8.57. The standard InChI is InChI=1S/C21H31NO3/c1-19(2)16-7-5-12-13-6-8-17(23)20(13,3)10-9-14(12)21(16,4)11-15(22-25)18(19)24/h7,12-14,17,23,25H,5-6,8-11H2,1-4H3/b22-15+/t12-,13-,14-,17-,20-,21+/m0/s1. The second kappa shape index (κ2) is 5.18. The molecule has 0 bridgehead atoms. The molecule has 4 nitrogen and oxygen atoms in total. The molecule has 0 amide bonds. The van der Waals surface area contributed by atoms with E-state index in [0.717, 1.165) is 32.1 Å². The number of aliphatic hydroxyl groups is 1. The summed E-state index contributed by atoms with van der Waals surface area (Å²) < 4.78 is 0. The summed E-state index contributed by atoms with van der Waals surface area (Å²) in [5.74, 6) is 1.59. The van der Waals surface area contributed by atoms with Gasteiger partial charge in [-0.1, -0.05) is 30.7 Å². The van der Waals surface area contributed by atoms with Crippen LogP contribution in [0.5, 0.6) is 0 Å². The number of fused-ring (bicyclic) bond motifs is 5. The molecule has 3 fully saturated rings. The van der Waals surface area contributed by atoms with E-state index in [2.05, 4.69) is 25.1 Å². The lowest BCUT2D eigenvalue weighted by molar-refractivity contribution is -0.122. The molecular formula is C21H31NO3. The number of aliphatic hydroxyl groups excluding tert-OH is 1. The van der Waals surface area contributed by atoms with Crippen LogP contribution in [0.1, 0.15) is 66.2 Å². The lowest BCUT2D eigenvalue weighted by Crippen LogP contribution is -2.56. The summed E-state index contributed by atoms with van der Waals surface area (Å²) in [6, 6.07) is 0. The highest BCUT2D eigenvalue weighted by Gasteiger charge is 2.61. The van der Waals surface area contributed by atoms with Gasteiger partial charge in [0.1, 0.15) is 5.71 Å². The van der Waals surface area contributed by atoms with Crippen molar-refractivity contribution in [3.05, 3.63) is 11.6 Å². The monoisotopic (exact) mass is 345 g/mol. The Hall–Kier alpha value is -1.16. The normalized spacial score (nSPS) is 50.0. The number of Topliss-reactive ketones (excluding diaryl/α,β-unsaturated/α-hetero) is 1. The molecule has 0 heterocycles. The number of carbonyl (C=O) groups excluding carboxylic acids is 1. The van der Waals surface area contributed by atoms with Crippen LogP contribution in [-0.2, 0) is 4.79 Å². The van der Waals surface area contributed by atoms with E-state index in [1.807, 2.05) is 13.8 Å². The second-order valence-corrected chi connectivity index (χ2v) is 9.96. The van der Waals surface area contributed by atoms with E-state index in [0.29, 0.717) is 29.9 Å². The first kappa shape index (κ1) is 17.3. The van der Waals surface area contributed by atoms with E-state index >= 15 is 0 Å². The van der Waals surface area contributed by atoms with Crippen LogP contribution < -0.4 is 0 Å². The Bertz CT molecular complexity index is 679. The van der Waals surface area contributed by atoms with Gasteiger partial charge in [-0.05, 0) is 74.5 Å². The highest BCUT2D eigenvalue weighted by atomic mass is 16.4. The lowest BCUT2D eigenvalue weighted by atomic mass is 9.45. The first-order valence-electron chi connectivity index (χ1n) is 9.81. The van der Waals surface area contributed by atoms with Crippen molar-refractivity contribution in [2.24, 2.45) is 39.2 Å². The van der Waals surface area contributed by atoms with Gasteiger partial charge in [0.15, 0.2) is 5.78 Å². The van der Waals surface area contributed by atoms with Crippen molar-refractivity contribution in [1.29, 1.82) is 0 Å². The number of allylic oxidation sites excluding steroid dienone is 2. The minimum absolute atomic E-state index is 0.0332. The van der Waals surface area contributed by atoms with Crippen molar-refractivity contribution in [2.75, 3.05) is 0 Å². The van der Waals surface area contributed by atoms with Crippen molar-refractivity contribution < 1.29 is 15.1 Å². The summed E-state index contributed by atoms with van der Waals surface area (Å²) in [7, 11) is 0. The smallest absolute Gasteiger partial charge is 0.190 e. The molecule has 2 N–H and O–H groups in total. The molecule has 0 aromatic rings. The highest BCUT2D eigenvalue weighted by molar-refractivity contribution is 6.43. The number of nitrogens with zero attached hydrogens (tertiary/aromatic N) is 1. The molecule has 6 atom stereocenters. The Morgan fingerprint density at radius 2 is 1.84 bits per heavy atom. The van der Waals surface area contributed by atoms with Gasteiger partial charge in [-0.15, -0.1) is 0 Å². The Morgan fingerprint density at radius 3 is 2.52 bits per heavy atom. The molecule has 25 heavy (non-hydrogen) atoms. The van der Waals surface area contributed by atoms with Crippen molar-refractivity contribution >= 4 is 11.5 Å². The minimum Gasteiger partial charge on any atom is -0.411 e. The molecule has 4 aliphatic rings. The predicted molar refractivity (Wildman–Crippen MR) is 96.5 cm³/mol. The summed E-state index contributed by atoms with van der Waals surface area (Å²) in [6.45, 7) is 8.53. The lowest BCUT2D eigenvalue weighted by Gasteiger charge is -2.59. The fourth-order valence-electron chi connectivity index (χ4n) is 7.25. The van der Waals surface area contributed by atoms with E-state index in [1.165, 1.54) is 5.57 Å². The fraction of sp³-hybridized carbons (Fsp3) is 0.810. The van der Waals surface area contributed by atoms with Crippen LogP contribution in [0.4, 0.5) is 0 Å². The second-order valence-electron chi connectivity index (χ2n) is 9.96. The van der Waals surface area contributed by atoms with Crippen LogP contribution in [-0.4, -0.2) is 27.9 Å². The minimum atomic E-state index is -0.588.